The monoisotopic (exact) mass is 369 g/mol. The van der Waals surface area contributed by atoms with Gasteiger partial charge in [-0.1, -0.05) is 13.8 Å². The Balaban J connectivity index is 1.63. The third-order valence-electron chi connectivity index (χ3n) is 4.05. The largest absolute Gasteiger partial charge is 0.497 e. The van der Waals surface area contributed by atoms with E-state index in [2.05, 4.69) is 20.4 Å². The van der Waals surface area contributed by atoms with Gasteiger partial charge in [-0.15, -0.1) is 0 Å². The van der Waals surface area contributed by atoms with Crippen LogP contribution < -0.4 is 14.8 Å². The van der Waals surface area contributed by atoms with Gasteiger partial charge in [0, 0.05) is 0 Å². The van der Waals surface area contributed by atoms with Crippen LogP contribution in [-0.2, 0) is 0 Å². The van der Waals surface area contributed by atoms with Gasteiger partial charge in [-0.3, -0.25) is 4.79 Å². The van der Waals surface area contributed by atoms with E-state index in [4.69, 9.17) is 9.47 Å². The van der Waals surface area contributed by atoms with Crippen LogP contribution in [0.1, 0.15) is 42.9 Å². The van der Waals surface area contributed by atoms with Gasteiger partial charge in [0.15, 0.2) is 0 Å². The Bertz CT molecular complexity index is 921. The number of ether oxygens (including phenoxy) is 2. The SMILES string of the molecule is COc1ccc(O[C@H](C)CNC(=O)c2cc(C(C)C)n3ncnc3n2)cc1. The molecule has 0 unspecified atom stereocenters. The number of hydrogen-bond acceptors (Lipinski definition) is 6. The van der Waals surface area contributed by atoms with Crippen LogP contribution in [0.25, 0.3) is 5.78 Å². The molecule has 0 saturated heterocycles. The van der Waals surface area contributed by atoms with Gasteiger partial charge in [-0.25, -0.2) is 9.50 Å². The van der Waals surface area contributed by atoms with Gasteiger partial charge in [0.1, 0.15) is 29.6 Å². The second-order valence-electron chi connectivity index (χ2n) is 6.51. The number of methoxy groups -OCH3 is 1. The topological polar surface area (TPSA) is 90.6 Å². The average molecular weight is 369 g/mol. The van der Waals surface area contributed by atoms with E-state index in [1.165, 1.54) is 6.33 Å². The molecule has 0 spiro atoms. The highest BCUT2D eigenvalue weighted by atomic mass is 16.5. The highest BCUT2D eigenvalue weighted by Crippen LogP contribution is 2.18. The van der Waals surface area contributed by atoms with Gasteiger partial charge in [-0.05, 0) is 43.2 Å². The molecule has 0 fully saturated rings. The summed E-state index contributed by atoms with van der Waals surface area (Å²) in [7, 11) is 1.61. The predicted octanol–water partition coefficient (Wildman–Crippen LogP) is 2.45. The Morgan fingerprint density at radius 1 is 1.19 bits per heavy atom. The fourth-order valence-electron chi connectivity index (χ4n) is 2.62. The summed E-state index contributed by atoms with van der Waals surface area (Å²) >= 11 is 0. The Morgan fingerprint density at radius 2 is 1.89 bits per heavy atom. The Morgan fingerprint density at radius 3 is 2.56 bits per heavy atom. The number of carbonyl (C=O) groups is 1. The van der Waals surface area contributed by atoms with Crippen LogP contribution in [0.5, 0.6) is 11.5 Å². The fourth-order valence-corrected chi connectivity index (χ4v) is 2.62. The normalized spacial score (nSPS) is 12.2. The van der Waals surface area contributed by atoms with Crippen LogP contribution in [0.15, 0.2) is 36.7 Å². The first kappa shape index (κ1) is 18.6. The molecule has 0 aliphatic rings. The molecular weight excluding hydrogens is 346 g/mol. The summed E-state index contributed by atoms with van der Waals surface area (Å²) in [5.74, 6) is 1.80. The molecule has 0 saturated carbocycles. The summed E-state index contributed by atoms with van der Waals surface area (Å²) in [5.41, 5.74) is 1.20. The molecule has 0 radical (unpaired) electrons. The third-order valence-corrected chi connectivity index (χ3v) is 4.05. The highest BCUT2D eigenvalue weighted by molar-refractivity contribution is 5.92. The minimum Gasteiger partial charge on any atom is -0.497 e. The minimum atomic E-state index is -0.271. The van der Waals surface area contributed by atoms with Gasteiger partial charge in [0.05, 0.1) is 19.3 Å². The van der Waals surface area contributed by atoms with Crippen LogP contribution in [0.3, 0.4) is 0 Å². The zero-order chi connectivity index (χ0) is 19.4. The molecule has 1 atom stereocenters. The van der Waals surface area contributed by atoms with E-state index in [1.807, 2.05) is 45.0 Å². The van der Waals surface area contributed by atoms with Gasteiger partial charge in [-0.2, -0.15) is 10.1 Å². The molecule has 1 N–H and O–H groups in total. The maximum absolute atomic E-state index is 12.5. The van der Waals surface area contributed by atoms with Crippen LogP contribution in [0, 0.1) is 0 Å². The average Bonchev–Trinajstić information content (AvgIpc) is 3.14. The first-order valence-electron chi connectivity index (χ1n) is 8.77. The van der Waals surface area contributed by atoms with Crippen molar-refractivity contribution >= 4 is 11.7 Å². The maximum Gasteiger partial charge on any atom is 0.270 e. The molecule has 3 aromatic rings. The van der Waals surface area contributed by atoms with E-state index in [1.54, 1.807) is 17.7 Å². The summed E-state index contributed by atoms with van der Waals surface area (Å²) in [5, 5.41) is 7.01. The Labute approximate surface area is 157 Å². The van der Waals surface area contributed by atoms with Crippen molar-refractivity contribution in [2.45, 2.75) is 32.8 Å². The summed E-state index contributed by atoms with van der Waals surface area (Å²) in [6, 6.07) is 9.05. The molecule has 1 aromatic carbocycles. The second-order valence-corrected chi connectivity index (χ2v) is 6.51. The quantitative estimate of drug-likeness (QED) is 0.688. The maximum atomic E-state index is 12.5. The standard InChI is InChI=1S/C19H23N5O3/c1-12(2)17-9-16(23-19-21-11-22-24(17)19)18(25)20-10-13(3)27-15-7-5-14(26-4)6-8-15/h5-9,11-13H,10H2,1-4H3,(H,20,25)/t13-/m1/s1. The molecule has 1 amide bonds. The lowest BCUT2D eigenvalue weighted by molar-refractivity contribution is 0.0927. The van der Waals surface area contributed by atoms with Gasteiger partial charge in [0.2, 0.25) is 0 Å². The van der Waals surface area contributed by atoms with Gasteiger partial charge >= 0.3 is 0 Å². The van der Waals surface area contributed by atoms with Crippen molar-refractivity contribution in [3.8, 4) is 11.5 Å². The lowest BCUT2D eigenvalue weighted by Gasteiger charge is -2.16. The molecule has 27 heavy (non-hydrogen) atoms. The van der Waals surface area contributed by atoms with Crippen molar-refractivity contribution in [2.75, 3.05) is 13.7 Å². The van der Waals surface area contributed by atoms with Crippen molar-refractivity contribution in [3.63, 3.8) is 0 Å². The number of hydrogen-bond donors (Lipinski definition) is 1. The van der Waals surface area contributed by atoms with E-state index >= 15 is 0 Å². The number of benzene rings is 1. The molecule has 142 valence electrons. The number of nitrogens with zero attached hydrogens (tertiary/aromatic N) is 4. The summed E-state index contributed by atoms with van der Waals surface area (Å²) in [4.78, 5) is 20.9. The van der Waals surface area contributed by atoms with E-state index in [0.29, 0.717) is 23.8 Å². The minimum absolute atomic E-state index is 0.182. The lowest BCUT2D eigenvalue weighted by atomic mass is 10.1. The molecule has 0 aliphatic carbocycles. The number of nitrogens with one attached hydrogen (secondary N) is 1. The molecule has 8 nitrogen and oxygen atoms in total. The van der Waals surface area contributed by atoms with Gasteiger partial charge < -0.3 is 14.8 Å². The highest BCUT2D eigenvalue weighted by Gasteiger charge is 2.16. The molecule has 0 bridgehead atoms. The van der Waals surface area contributed by atoms with Gasteiger partial charge in [0.25, 0.3) is 11.7 Å². The number of fused-ring (bicyclic) bond motifs is 1. The number of carbonyl (C=O) groups excluding carboxylic acids is 1. The summed E-state index contributed by atoms with van der Waals surface area (Å²) in [6.45, 7) is 6.30. The van der Waals surface area contributed by atoms with E-state index in [9.17, 15) is 4.79 Å². The second kappa shape index (κ2) is 8.03. The van der Waals surface area contributed by atoms with Crippen LogP contribution >= 0.6 is 0 Å². The van der Waals surface area contributed by atoms with E-state index in [0.717, 1.165) is 11.4 Å². The van der Waals surface area contributed by atoms with Crippen molar-refractivity contribution < 1.29 is 14.3 Å². The predicted molar refractivity (Wildman–Crippen MR) is 100 cm³/mol. The van der Waals surface area contributed by atoms with Crippen LogP contribution in [0.2, 0.25) is 0 Å². The molecule has 8 heteroatoms. The Hall–Kier alpha value is -3.16. The molecule has 2 heterocycles. The zero-order valence-corrected chi connectivity index (χ0v) is 15.8. The smallest absolute Gasteiger partial charge is 0.270 e. The molecule has 0 aliphatic heterocycles. The third kappa shape index (κ3) is 4.33. The van der Waals surface area contributed by atoms with Crippen LogP contribution in [0.4, 0.5) is 0 Å². The molecule has 2 aromatic heterocycles. The first-order valence-corrected chi connectivity index (χ1v) is 8.77. The zero-order valence-electron chi connectivity index (χ0n) is 15.8. The van der Waals surface area contributed by atoms with E-state index in [-0.39, 0.29) is 17.9 Å². The summed E-state index contributed by atoms with van der Waals surface area (Å²) < 4.78 is 12.6. The van der Waals surface area contributed by atoms with Crippen LogP contribution in [-0.4, -0.2) is 45.2 Å². The van der Waals surface area contributed by atoms with E-state index < -0.39 is 0 Å². The van der Waals surface area contributed by atoms with Crippen molar-refractivity contribution in [3.05, 3.63) is 48.0 Å². The molecular formula is C19H23N5O3. The van der Waals surface area contributed by atoms with Crippen molar-refractivity contribution in [1.29, 1.82) is 0 Å². The number of aromatic nitrogens is 4. The number of amides is 1. The number of rotatable bonds is 7. The van der Waals surface area contributed by atoms with Crippen molar-refractivity contribution in [1.82, 2.24) is 24.9 Å². The summed E-state index contributed by atoms with van der Waals surface area (Å²) in [6.07, 6.45) is 1.23. The molecule has 3 rings (SSSR count). The van der Waals surface area contributed by atoms with Crippen molar-refractivity contribution in [2.24, 2.45) is 0 Å². The Kier molecular flexibility index (Phi) is 5.54. The fraction of sp³-hybridized carbons (Fsp3) is 0.368. The lowest BCUT2D eigenvalue weighted by Crippen LogP contribution is -2.34. The first-order chi connectivity index (χ1) is 13.0.